The molecule has 0 radical (unpaired) electrons. The van der Waals surface area contributed by atoms with Crippen molar-refractivity contribution in [3.63, 3.8) is 0 Å². The highest BCUT2D eigenvalue weighted by atomic mass is 32.2. The zero-order valence-electron chi connectivity index (χ0n) is 12.4. The van der Waals surface area contributed by atoms with Crippen LogP contribution >= 0.6 is 11.8 Å². The molecule has 1 heterocycles. The van der Waals surface area contributed by atoms with Gasteiger partial charge in [0.15, 0.2) is 0 Å². The molecule has 2 rings (SSSR count). The molecule has 0 fully saturated rings. The Morgan fingerprint density at radius 3 is 2.90 bits per heavy atom. The summed E-state index contributed by atoms with van der Waals surface area (Å²) < 4.78 is 5.48. The average molecular weight is 303 g/mol. The summed E-state index contributed by atoms with van der Waals surface area (Å²) in [4.78, 5) is 5.45. The van der Waals surface area contributed by atoms with E-state index in [0.29, 0.717) is 6.61 Å². The van der Waals surface area contributed by atoms with Crippen LogP contribution in [0.25, 0.3) is 0 Å². The number of benzene rings is 1. The van der Waals surface area contributed by atoms with Gasteiger partial charge in [-0.05, 0) is 37.6 Å². The van der Waals surface area contributed by atoms with Crippen molar-refractivity contribution in [3.05, 3.63) is 53.9 Å². The molecule has 112 valence electrons. The topological polar surface area (TPSA) is 60.2 Å². The minimum absolute atomic E-state index is 0.0309. The monoisotopic (exact) mass is 303 g/mol. The van der Waals surface area contributed by atoms with Crippen molar-refractivity contribution < 1.29 is 4.74 Å². The van der Waals surface area contributed by atoms with Crippen molar-refractivity contribution in [1.82, 2.24) is 10.4 Å². The molecule has 4 nitrogen and oxygen atoms in total. The Kier molecular flexibility index (Phi) is 6.04. The van der Waals surface area contributed by atoms with E-state index in [0.717, 1.165) is 17.1 Å². The lowest BCUT2D eigenvalue weighted by Crippen LogP contribution is -2.29. The highest BCUT2D eigenvalue weighted by Crippen LogP contribution is 2.26. The molecule has 1 aromatic heterocycles. The smallest absolute Gasteiger partial charge is 0.137 e. The minimum atomic E-state index is 0.0309. The van der Waals surface area contributed by atoms with Crippen LogP contribution in [0.3, 0.4) is 0 Å². The van der Waals surface area contributed by atoms with Crippen LogP contribution in [-0.4, -0.2) is 17.3 Å². The Labute approximate surface area is 130 Å². The maximum atomic E-state index is 5.69. The molecule has 3 N–H and O–H groups in total. The molecule has 1 atom stereocenters. The predicted molar refractivity (Wildman–Crippen MR) is 87.4 cm³/mol. The quantitative estimate of drug-likeness (QED) is 0.467. The van der Waals surface area contributed by atoms with E-state index in [9.17, 15) is 0 Å². The second-order valence-corrected chi connectivity index (χ2v) is 5.83. The third-order valence-corrected chi connectivity index (χ3v) is 4.14. The molecule has 0 saturated heterocycles. The minimum Gasteiger partial charge on any atom is -0.492 e. The van der Waals surface area contributed by atoms with E-state index < -0.39 is 0 Å². The number of ether oxygens (including phenoxy) is 1. The van der Waals surface area contributed by atoms with Gasteiger partial charge in [-0.15, -0.1) is 11.8 Å². The van der Waals surface area contributed by atoms with Crippen LogP contribution in [0, 0.1) is 6.92 Å². The number of hydrogen-bond acceptors (Lipinski definition) is 5. The highest BCUT2D eigenvalue weighted by molar-refractivity contribution is 7.99. The summed E-state index contributed by atoms with van der Waals surface area (Å²) in [7, 11) is 0. The standard InChI is InChI=1S/C16H21N3OS/c1-3-20-14-8-13(9-18-10-14)16(19-17)11-21-15-6-4-5-12(2)7-15/h4-10,16,19H,3,11,17H2,1-2H3. The SMILES string of the molecule is CCOc1cncc(C(CSc2cccc(C)c2)NN)c1. The van der Waals surface area contributed by atoms with Gasteiger partial charge in [0.1, 0.15) is 5.75 Å². The van der Waals surface area contributed by atoms with Gasteiger partial charge in [-0.1, -0.05) is 17.7 Å². The van der Waals surface area contributed by atoms with Gasteiger partial charge in [0.05, 0.1) is 18.8 Å². The van der Waals surface area contributed by atoms with Gasteiger partial charge < -0.3 is 4.74 Å². The van der Waals surface area contributed by atoms with Gasteiger partial charge in [-0.3, -0.25) is 16.3 Å². The first-order valence-corrected chi connectivity index (χ1v) is 7.95. The number of nitrogens with zero attached hydrogens (tertiary/aromatic N) is 1. The summed E-state index contributed by atoms with van der Waals surface area (Å²) in [5, 5.41) is 0. The van der Waals surface area contributed by atoms with Gasteiger partial charge in [0.2, 0.25) is 0 Å². The number of nitrogens with one attached hydrogen (secondary N) is 1. The molecule has 0 saturated carbocycles. The first kappa shape index (κ1) is 15.8. The molecule has 0 spiro atoms. The second kappa shape index (κ2) is 8.02. The van der Waals surface area contributed by atoms with Crippen molar-refractivity contribution in [2.24, 2.45) is 5.84 Å². The maximum Gasteiger partial charge on any atom is 0.137 e. The second-order valence-electron chi connectivity index (χ2n) is 4.73. The molecule has 21 heavy (non-hydrogen) atoms. The summed E-state index contributed by atoms with van der Waals surface area (Å²) in [6.07, 6.45) is 3.54. The fourth-order valence-electron chi connectivity index (χ4n) is 2.00. The van der Waals surface area contributed by atoms with E-state index in [-0.39, 0.29) is 6.04 Å². The number of aryl methyl sites for hydroxylation is 1. The van der Waals surface area contributed by atoms with Crippen molar-refractivity contribution in [1.29, 1.82) is 0 Å². The summed E-state index contributed by atoms with van der Waals surface area (Å²) >= 11 is 1.77. The van der Waals surface area contributed by atoms with Crippen molar-refractivity contribution >= 4 is 11.8 Å². The predicted octanol–water partition coefficient (Wildman–Crippen LogP) is 3.09. The normalized spacial score (nSPS) is 12.1. The van der Waals surface area contributed by atoms with E-state index >= 15 is 0 Å². The Bertz CT molecular complexity index is 577. The molecule has 1 aromatic carbocycles. The van der Waals surface area contributed by atoms with Crippen molar-refractivity contribution in [3.8, 4) is 5.75 Å². The number of nitrogens with two attached hydrogens (primary N) is 1. The molecular formula is C16H21N3OS. The summed E-state index contributed by atoms with van der Waals surface area (Å²) in [5.74, 6) is 7.30. The van der Waals surface area contributed by atoms with Crippen LogP contribution in [0.5, 0.6) is 5.75 Å². The summed E-state index contributed by atoms with van der Waals surface area (Å²) in [6, 6.07) is 10.5. The van der Waals surface area contributed by atoms with E-state index in [4.69, 9.17) is 10.6 Å². The van der Waals surface area contributed by atoms with Crippen LogP contribution in [0.1, 0.15) is 24.1 Å². The van der Waals surface area contributed by atoms with Crippen LogP contribution in [0.2, 0.25) is 0 Å². The fourth-order valence-corrected chi connectivity index (χ4v) is 3.09. The molecule has 0 bridgehead atoms. The number of hydrazine groups is 1. The van der Waals surface area contributed by atoms with Crippen LogP contribution < -0.4 is 16.0 Å². The van der Waals surface area contributed by atoms with E-state index in [2.05, 4.69) is 41.6 Å². The number of aromatic nitrogens is 1. The maximum absolute atomic E-state index is 5.69. The third kappa shape index (κ3) is 4.74. The van der Waals surface area contributed by atoms with Gasteiger partial charge in [-0.2, -0.15) is 0 Å². The number of thioether (sulfide) groups is 1. The fraction of sp³-hybridized carbons (Fsp3) is 0.312. The first-order chi connectivity index (χ1) is 10.2. The van der Waals surface area contributed by atoms with E-state index in [1.807, 2.05) is 19.2 Å². The summed E-state index contributed by atoms with van der Waals surface area (Å²) in [5.41, 5.74) is 5.15. The Morgan fingerprint density at radius 2 is 2.19 bits per heavy atom. The van der Waals surface area contributed by atoms with E-state index in [1.54, 1.807) is 18.0 Å². The molecule has 5 heteroatoms. The molecule has 1 unspecified atom stereocenters. The largest absolute Gasteiger partial charge is 0.492 e. The Hall–Kier alpha value is -1.56. The molecule has 0 aliphatic rings. The zero-order valence-corrected chi connectivity index (χ0v) is 13.2. The molecule has 2 aromatic rings. The van der Waals surface area contributed by atoms with Gasteiger partial charge in [0.25, 0.3) is 0 Å². The Balaban J connectivity index is 2.04. The van der Waals surface area contributed by atoms with Crippen molar-refractivity contribution in [2.45, 2.75) is 24.8 Å². The van der Waals surface area contributed by atoms with Crippen molar-refractivity contribution in [2.75, 3.05) is 12.4 Å². The third-order valence-electron chi connectivity index (χ3n) is 3.06. The average Bonchev–Trinajstić information content (AvgIpc) is 2.49. The van der Waals surface area contributed by atoms with E-state index in [1.165, 1.54) is 10.5 Å². The molecule has 0 aliphatic carbocycles. The van der Waals surface area contributed by atoms with Gasteiger partial charge in [-0.25, -0.2) is 0 Å². The lowest BCUT2D eigenvalue weighted by Gasteiger charge is -2.16. The molecule has 0 amide bonds. The lowest BCUT2D eigenvalue weighted by atomic mass is 10.1. The van der Waals surface area contributed by atoms with Crippen LogP contribution in [0.15, 0.2) is 47.6 Å². The number of rotatable bonds is 7. The van der Waals surface area contributed by atoms with Crippen LogP contribution in [0.4, 0.5) is 0 Å². The zero-order chi connectivity index (χ0) is 15.1. The van der Waals surface area contributed by atoms with Gasteiger partial charge in [0, 0.05) is 16.8 Å². The molecular weight excluding hydrogens is 282 g/mol. The Morgan fingerprint density at radius 1 is 1.33 bits per heavy atom. The number of hydrogen-bond donors (Lipinski definition) is 2. The highest BCUT2D eigenvalue weighted by Gasteiger charge is 2.12. The lowest BCUT2D eigenvalue weighted by molar-refractivity contribution is 0.338. The van der Waals surface area contributed by atoms with Gasteiger partial charge >= 0.3 is 0 Å². The summed E-state index contributed by atoms with van der Waals surface area (Å²) in [6.45, 7) is 4.68. The molecule has 0 aliphatic heterocycles. The first-order valence-electron chi connectivity index (χ1n) is 6.96. The number of pyridine rings is 1. The van der Waals surface area contributed by atoms with Crippen LogP contribution in [-0.2, 0) is 0 Å².